The number of esters is 2. The van der Waals surface area contributed by atoms with Crippen molar-refractivity contribution in [3.8, 4) is 0 Å². The Balaban J connectivity index is 2.24. The van der Waals surface area contributed by atoms with Crippen molar-refractivity contribution in [3.63, 3.8) is 0 Å². The molecule has 0 saturated carbocycles. The Morgan fingerprint density at radius 2 is 1.44 bits per heavy atom. The minimum Gasteiger partial charge on any atom is -0.463 e. The molecule has 0 aromatic heterocycles. The van der Waals surface area contributed by atoms with E-state index in [1.54, 1.807) is 13.8 Å². The summed E-state index contributed by atoms with van der Waals surface area (Å²) < 4.78 is 11.0. The molecule has 0 aliphatic carbocycles. The normalized spacial score (nSPS) is 13.3. The van der Waals surface area contributed by atoms with Gasteiger partial charge in [-0.1, -0.05) is 62.4 Å². The van der Waals surface area contributed by atoms with Crippen LogP contribution in [0.2, 0.25) is 0 Å². The highest BCUT2D eigenvalue weighted by Crippen LogP contribution is 2.35. The molecular weight excluding hydrogens is 340 g/mol. The Hall–Kier alpha value is -2.88. The summed E-state index contributed by atoms with van der Waals surface area (Å²) >= 11 is 0. The molecule has 3 aromatic carbocycles. The van der Waals surface area contributed by atoms with Crippen LogP contribution in [0.25, 0.3) is 21.5 Å². The molecule has 0 unspecified atom stereocenters. The van der Waals surface area contributed by atoms with Crippen LogP contribution >= 0.6 is 0 Å². The highest BCUT2D eigenvalue weighted by Gasteiger charge is 2.31. The molecule has 140 valence electrons. The van der Waals surface area contributed by atoms with Gasteiger partial charge in [-0.2, -0.15) is 0 Å². The number of hydrogen-bond acceptors (Lipinski definition) is 4. The van der Waals surface area contributed by atoms with E-state index in [1.165, 1.54) is 0 Å². The van der Waals surface area contributed by atoms with Crippen molar-refractivity contribution in [2.45, 2.75) is 33.3 Å². The minimum atomic E-state index is -1.09. The molecule has 0 bridgehead atoms. The van der Waals surface area contributed by atoms with E-state index in [2.05, 4.69) is 6.07 Å². The smallest absolute Gasteiger partial charge is 0.352 e. The third-order valence-corrected chi connectivity index (χ3v) is 4.82. The first-order chi connectivity index (χ1) is 13.1. The predicted molar refractivity (Wildman–Crippen MR) is 106 cm³/mol. The second-order valence-corrected chi connectivity index (χ2v) is 6.61. The zero-order valence-corrected chi connectivity index (χ0v) is 15.9. The zero-order valence-electron chi connectivity index (χ0n) is 15.9. The van der Waals surface area contributed by atoms with Gasteiger partial charge in [0.05, 0.1) is 12.5 Å². The van der Waals surface area contributed by atoms with Gasteiger partial charge in [0, 0.05) is 5.56 Å². The Labute approximate surface area is 159 Å². The number of benzene rings is 3. The van der Waals surface area contributed by atoms with Gasteiger partial charge >= 0.3 is 11.9 Å². The molecule has 27 heavy (non-hydrogen) atoms. The second kappa shape index (κ2) is 8.21. The van der Waals surface area contributed by atoms with Gasteiger partial charge in [0.25, 0.3) is 0 Å². The van der Waals surface area contributed by atoms with Crippen molar-refractivity contribution in [1.82, 2.24) is 0 Å². The first-order valence-corrected chi connectivity index (χ1v) is 9.34. The van der Waals surface area contributed by atoms with E-state index in [1.807, 2.05) is 55.5 Å². The Morgan fingerprint density at radius 3 is 1.96 bits per heavy atom. The molecule has 0 heterocycles. The Morgan fingerprint density at radius 1 is 0.889 bits per heavy atom. The van der Waals surface area contributed by atoms with E-state index >= 15 is 0 Å². The SMILES string of the molecule is CCOC(=O)[C@@H](OC(=O)[C@@H](C)CC)c1c2ccccc2cc2ccccc12. The van der Waals surface area contributed by atoms with Gasteiger partial charge in [-0.25, -0.2) is 4.79 Å². The van der Waals surface area contributed by atoms with Crippen molar-refractivity contribution in [3.05, 3.63) is 60.2 Å². The topological polar surface area (TPSA) is 52.6 Å². The number of carbonyl (C=O) groups is 2. The average molecular weight is 364 g/mol. The third-order valence-electron chi connectivity index (χ3n) is 4.82. The van der Waals surface area contributed by atoms with Gasteiger partial charge < -0.3 is 9.47 Å². The van der Waals surface area contributed by atoms with Gasteiger partial charge in [-0.3, -0.25) is 4.79 Å². The van der Waals surface area contributed by atoms with Crippen LogP contribution in [0.4, 0.5) is 0 Å². The van der Waals surface area contributed by atoms with Crippen LogP contribution < -0.4 is 0 Å². The lowest BCUT2D eigenvalue weighted by atomic mass is 9.93. The summed E-state index contributed by atoms with van der Waals surface area (Å²) in [6, 6.07) is 17.7. The average Bonchev–Trinajstić information content (AvgIpc) is 2.69. The van der Waals surface area contributed by atoms with Crippen molar-refractivity contribution in [1.29, 1.82) is 0 Å². The van der Waals surface area contributed by atoms with E-state index in [9.17, 15) is 9.59 Å². The molecule has 2 atom stereocenters. The van der Waals surface area contributed by atoms with Crippen molar-refractivity contribution < 1.29 is 19.1 Å². The summed E-state index contributed by atoms with van der Waals surface area (Å²) in [5, 5.41) is 3.73. The third kappa shape index (κ3) is 3.80. The lowest BCUT2D eigenvalue weighted by Crippen LogP contribution is -2.25. The Kier molecular flexibility index (Phi) is 5.75. The molecule has 0 fully saturated rings. The van der Waals surface area contributed by atoms with Crippen LogP contribution in [0.3, 0.4) is 0 Å². The minimum absolute atomic E-state index is 0.221. The molecule has 0 radical (unpaired) electrons. The Bertz CT molecular complexity index is 922. The molecule has 0 saturated heterocycles. The number of fused-ring (bicyclic) bond motifs is 2. The molecule has 0 aliphatic heterocycles. The lowest BCUT2D eigenvalue weighted by molar-refractivity contribution is -0.170. The van der Waals surface area contributed by atoms with Gasteiger partial charge in [0.1, 0.15) is 0 Å². The molecule has 0 spiro atoms. The summed E-state index contributed by atoms with van der Waals surface area (Å²) in [6.07, 6.45) is -0.451. The van der Waals surface area contributed by atoms with E-state index in [0.29, 0.717) is 12.0 Å². The molecule has 0 aliphatic rings. The molecule has 3 aromatic rings. The molecular formula is C23H24O4. The van der Waals surface area contributed by atoms with Crippen LogP contribution in [0.5, 0.6) is 0 Å². The maximum atomic E-state index is 12.8. The highest BCUT2D eigenvalue weighted by molar-refractivity contribution is 6.05. The maximum Gasteiger partial charge on any atom is 0.352 e. The number of ether oxygens (including phenoxy) is 2. The molecule has 0 N–H and O–H groups in total. The quantitative estimate of drug-likeness (QED) is 0.446. The monoisotopic (exact) mass is 364 g/mol. The molecule has 4 nitrogen and oxygen atoms in total. The van der Waals surface area contributed by atoms with Crippen LogP contribution in [0, 0.1) is 5.92 Å². The fourth-order valence-corrected chi connectivity index (χ4v) is 3.17. The predicted octanol–water partition coefficient (Wildman–Crippen LogP) is 5.19. The van der Waals surface area contributed by atoms with Crippen molar-refractivity contribution >= 4 is 33.5 Å². The number of hydrogen-bond donors (Lipinski definition) is 0. The molecule has 4 heteroatoms. The maximum absolute atomic E-state index is 12.8. The van der Waals surface area contributed by atoms with E-state index < -0.39 is 18.0 Å². The summed E-state index contributed by atoms with van der Waals surface area (Å²) in [6.45, 7) is 5.68. The van der Waals surface area contributed by atoms with Gasteiger partial charge in [0.15, 0.2) is 0 Å². The highest BCUT2D eigenvalue weighted by atomic mass is 16.6. The summed E-state index contributed by atoms with van der Waals surface area (Å²) in [7, 11) is 0. The first kappa shape index (κ1) is 18.9. The summed E-state index contributed by atoms with van der Waals surface area (Å²) in [5.74, 6) is -1.23. The lowest BCUT2D eigenvalue weighted by Gasteiger charge is -2.22. The summed E-state index contributed by atoms with van der Waals surface area (Å²) in [4.78, 5) is 25.3. The van der Waals surface area contributed by atoms with Crippen LogP contribution in [-0.2, 0) is 19.1 Å². The fraction of sp³-hybridized carbons (Fsp3) is 0.304. The van der Waals surface area contributed by atoms with Gasteiger partial charge in [-0.05, 0) is 41.0 Å². The molecule has 0 amide bonds. The zero-order chi connectivity index (χ0) is 19.4. The largest absolute Gasteiger partial charge is 0.463 e. The van der Waals surface area contributed by atoms with Crippen LogP contribution in [-0.4, -0.2) is 18.5 Å². The van der Waals surface area contributed by atoms with Crippen LogP contribution in [0.1, 0.15) is 38.9 Å². The number of rotatable bonds is 6. The fourth-order valence-electron chi connectivity index (χ4n) is 3.17. The van der Waals surface area contributed by atoms with Crippen molar-refractivity contribution in [2.75, 3.05) is 6.61 Å². The van der Waals surface area contributed by atoms with Gasteiger partial charge in [-0.15, -0.1) is 0 Å². The van der Waals surface area contributed by atoms with Crippen LogP contribution in [0.15, 0.2) is 54.6 Å². The van der Waals surface area contributed by atoms with E-state index in [4.69, 9.17) is 9.47 Å². The molecule has 3 rings (SSSR count). The second-order valence-electron chi connectivity index (χ2n) is 6.61. The summed E-state index contributed by atoms with van der Waals surface area (Å²) in [5.41, 5.74) is 0.679. The van der Waals surface area contributed by atoms with E-state index in [-0.39, 0.29) is 12.5 Å². The van der Waals surface area contributed by atoms with Gasteiger partial charge in [0.2, 0.25) is 6.10 Å². The first-order valence-electron chi connectivity index (χ1n) is 9.34. The van der Waals surface area contributed by atoms with Crippen molar-refractivity contribution in [2.24, 2.45) is 5.92 Å². The standard InChI is InChI=1S/C23H24O4/c1-4-15(3)22(24)27-21(23(25)26-5-2)20-18-12-8-6-10-16(18)14-17-11-7-9-13-19(17)20/h6-15,21H,4-5H2,1-3H3/t15-,21-/m0/s1. The van der Waals surface area contributed by atoms with E-state index in [0.717, 1.165) is 21.5 Å². The number of carbonyl (C=O) groups excluding carboxylic acids is 2.